The molecule has 0 aliphatic heterocycles. The van der Waals surface area contributed by atoms with E-state index >= 15 is 0 Å². The van der Waals surface area contributed by atoms with Crippen LogP contribution >= 0.6 is 0 Å². The molecule has 1 aliphatic carbocycles. The normalized spacial score (nSPS) is 27.5. The van der Waals surface area contributed by atoms with Crippen molar-refractivity contribution in [3.05, 3.63) is 29.8 Å². The molecule has 2 rings (SSSR count). The van der Waals surface area contributed by atoms with Gasteiger partial charge in [0.25, 0.3) is 0 Å². The molecular weight excluding hydrogens is 388 g/mol. The van der Waals surface area contributed by atoms with Crippen molar-refractivity contribution in [1.82, 2.24) is 0 Å². The molecule has 30 heavy (non-hydrogen) atoms. The summed E-state index contributed by atoms with van der Waals surface area (Å²) in [6, 6.07) is 5.87. The van der Waals surface area contributed by atoms with E-state index in [4.69, 9.17) is 9.47 Å². The first-order valence-electron chi connectivity index (χ1n) is 10.0. The van der Waals surface area contributed by atoms with Crippen LogP contribution in [0, 0.1) is 11.8 Å². The number of carbonyl (C=O) groups is 3. The SMILES string of the molecule is CC(C)(C)OC(=O)[C@@H]1C(=O)C[C@@](C)(O)[C@@H](C(=O)OC(C)(C)C)[C@H]1c1ccc(O)cc1. The molecule has 1 aromatic carbocycles. The summed E-state index contributed by atoms with van der Waals surface area (Å²) >= 11 is 0. The molecular formula is C23H32O7. The summed E-state index contributed by atoms with van der Waals surface area (Å²) in [6.07, 6.45) is -0.380. The Kier molecular flexibility index (Phi) is 6.38. The molecule has 0 unspecified atom stereocenters. The van der Waals surface area contributed by atoms with Gasteiger partial charge in [0.05, 0.1) is 11.5 Å². The Morgan fingerprint density at radius 2 is 1.43 bits per heavy atom. The van der Waals surface area contributed by atoms with Crippen LogP contribution in [0.2, 0.25) is 0 Å². The highest BCUT2D eigenvalue weighted by molar-refractivity contribution is 6.03. The Morgan fingerprint density at radius 3 is 1.90 bits per heavy atom. The molecule has 0 heterocycles. The molecule has 166 valence electrons. The summed E-state index contributed by atoms with van der Waals surface area (Å²) < 4.78 is 11.0. The molecule has 1 saturated carbocycles. The fraction of sp³-hybridized carbons (Fsp3) is 0.609. The van der Waals surface area contributed by atoms with Crippen LogP contribution in [0.1, 0.15) is 66.4 Å². The van der Waals surface area contributed by atoms with E-state index in [9.17, 15) is 24.6 Å². The van der Waals surface area contributed by atoms with Crippen molar-refractivity contribution in [2.45, 2.75) is 77.6 Å². The Labute approximate surface area is 177 Å². The van der Waals surface area contributed by atoms with Crippen molar-refractivity contribution < 1.29 is 34.1 Å². The number of phenols is 1. The minimum atomic E-state index is -1.72. The average Bonchev–Trinajstić information content (AvgIpc) is 2.50. The van der Waals surface area contributed by atoms with Crippen molar-refractivity contribution >= 4 is 17.7 Å². The van der Waals surface area contributed by atoms with Gasteiger partial charge in [0.15, 0.2) is 5.78 Å². The molecule has 7 heteroatoms. The number of hydrogen-bond acceptors (Lipinski definition) is 7. The lowest BCUT2D eigenvalue weighted by atomic mass is 9.61. The molecule has 2 N–H and O–H groups in total. The van der Waals surface area contributed by atoms with E-state index in [2.05, 4.69) is 0 Å². The quantitative estimate of drug-likeness (QED) is 0.571. The standard InChI is InChI=1S/C23H32O7/c1-21(2,3)29-19(26)17-15(25)12-23(7,28)18(20(27)30-22(4,5)6)16(17)13-8-10-14(24)11-9-13/h8-11,16-18,24,28H,12H2,1-7H3/t16-,17+,18+,23+/m0/s1. The van der Waals surface area contributed by atoms with Gasteiger partial charge in [0.1, 0.15) is 22.9 Å². The van der Waals surface area contributed by atoms with Gasteiger partial charge >= 0.3 is 11.9 Å². The third-order valence-electron chi connectivity index (χ3n) is 4.87. The lowest BCUT2D eigenvalue weighted by Crippen LogP contribution is -2.56. The van der Waals surface area contributed by atoms with Crippen LogP contribution in [0.5, 0.6) is 5.75 Å². The van der Waals surface area contributed by atoms with Crippen LogP contribution in [0.15, 0.2) is 24.3 Å². The minimum absolute atomic E-state index is 0.00437. The van der Waals surface area contributed by atoms with Gasteiger partial charge in [-0.05, 0) is 66.2 Å². The van der Waals surface area contributed by atoms with E-state index in [0.29, 0.717) is 5.56 Å². The number of rotatable bonds is 3. The van der Waals surface area contributed by atoms with Gasteiger partial charge in [-0.1, -0.05) is 12.1 Å². The number of hydrogen-bond donors (Lipinski definition) is 2. The fourth-order valence-corrected chi connectivity index (χ4v) is 3.84. The third kappa shape index (κ3) is 5.59. The van der Waals surface area contributed by atoms with E-state index in [1.807, 2.05) is 0 Å². The molecule has 0 spiro atoms. The van der Waals surface area contributed by atoms with Gasteiger partial charge in [-0.3, -0.25) is 14.4 Å². The van der Waals surface area contributed by atoms with Crippen molar-refractivity contribution in [3.8, 4) is 5.75 Å². The predicted molar refractivity (Wildman–Crippen MR) is 110 cm³/mol. The second-order valence-corrected chi connectivity index (χ2v) is 10.1. The van der Waals surface area contributed by atoms with Crippen LogP contribution in [0.25, 0.3) is 0 Å². The van der Waals surface area contributed by atoms with Crippen molar-refractivity contribution in [1.29, 1.82) is 0 Å². The summed E-state index contributed by atoms with van der Waals surface area (Å²) in [5.41, 5.74) is -2.93. The zero-order chi connectivity index (χ0) is 23.1. The topological polar surface area (TPSA) is 110 Å². The number of aromatic hydroxyl groups is 1. The zero-order valence-corrected chi connectivity index (χ0v) is 18.7. The van der Waals surface area contributed by atoms with E-state index in [-0.39, 0.29) is 12.2 Å². The maximum atomic E-state index is 13.1. The summed E-state index contributed by atoms with van der Waals surface area (Å²) in [5, 5.41) is 20.7. The smallest absolute Gasteiger partial charge is 0.317 e. The predicted octanol–water partition coefficient (Wildman–Crippen LogP) is 3.12. The highest BCUT2D eigenvalue weighted by atomic mass is 16.6. The molecule has 4 atom stereocenters. The maximum absolute atomic E-state index is 13.1. The van der Waals surface area contributed by atoms with E-state index in [1.165, 1.54) is 31.2 Å². The first kappa shape index (κ1) is 23.9. The molecule has 0 bridgehead atoms. The number of carbonyl (C=O) groups excluding carboxylic acids is 3. The Balaban J connectivity index is 2.62. The molecule has 1 aliphatic rings. The lowest BCUT2D eigenvalue weighted by molar-refractivity contribution is -0.182. The Morgan fingerprint density at radius 1 is 0.967 bits per heavy atom. The van der Waals surface area contributed by atoms with Gasteiger partial charge in [-0.25, -0.2) is 0 Å². The first-order valence-corrected chi connectivity index (χ1v) is 10.0. The van der Waals surface area contributed by atoms with E-state index in [1.54, 1.807) is 41.5 Å². The Bertz CT molecular complexity index is 809. The number of phenolic OH excluding ortho intramolecular Hbond substituents is 1. The van der Waals surface area contributed by atoms with Crippen molar-refractivity contribution in [2.75, 3.05) is 0 Å². The average molecular weight is 421 g/mol. The number of ether oxygens (including phenoxy) is 2. The van der Waals surface area contributed by atoms with Gasteiger partial charge in [-0.15, -0.1) is 0 Å². The van der Waals surface area contributed by atoms with Crippen LogP contribution in [0.4, 0.5) is 0 Å². The van der Waals surface area contributed by atoms with Gasteiger partial charge in [0, 0.05) is 12.3 Å². The highest BCUT2D eigenvalue weighted by Crippen LogP contribution is 2.47. The van der Waals surface area contributed by atoms with Gasteiger partial charge in [-0.2, -0.15) is 0 Å². The molecule has 0 saturated heterocycles. The molecule has 7 nitrogen and oxygen atoms in total. The summed E-state index contributed by atoms with van der Waals surface area (Å²) in [5.74, 6) is -5.45. The number of esters is 2. The largest absolute Gasteiger partial charge is 0.508 e. The highest BCUT2D eigenvalue weighted by Gasteiger charge is 2.57. The molecule has 1 fully saturated rings. The second-order valence-electron chi connectivity index (χ2n) is 10.1. The molecule has 0 aromatic heterocycles. The maximum Gasteiger partial charge on any atom is 0.317 e. The van der Waals surface area contributed by atoms with Crippen LogP contribution in [-0.4, -0.2) is 44.7 Å². The van der Waals surface area contributed by atoms with Crippen LogP contribution in [0.3, 0.4) is 0 Å². The summed E-state index contributed by atoms with van der Waals surface area (Å²) in [7, 11) is 0. The molecule has 1 aromatic rings. The van der Waals surface area contributed by atoms with Crippen molar-refractivity contribution in [2.24, 2.45) is 11.8 Å². The number of benzene rings is 1. The van der Waals surface area contributed by atoms with Crippen molar-refractivity contribution in [3.63, 3.8) is 0 Å². The van der Waals surface area contributed by atoms with Gasteiger partial charge < -0.3 is 19.7 Å². The summed E-state index contributed by atoms with van der Waals surface area (Å²) in [6.45, 7) is 11.6. The first-order chi connectivity index (χ1) is 13.5. The molecule has 0 radical (unpaired) electrons. The number of aliphatic hydroxyl groups is 1. The Hall–Kier alpha value is -2.41. The lowest BCUT2D eigenvalue weighted by Gasteiger charge is -2.44. The van der Waals surface area contributed by atoms with E-state index in [0.717, 1.165) is 0 Å². The van der Waals surface area contributed by atoms with E-state index < -0.39 is 52.3 Å². The van der Waals surface area contributed by atoms with Crippen LogP contribution < -0.4 is 0 Å². The third-order valence-corrected chi connectivity index (χ3v) is 4.87. The molecule has 0 amide bonds. The monoisotopic (exact) mass is 420 g/mol. The summed E-state index contributed by atoms with van der Waals surface area (Å²) in [4.78, 5) is 39.1. The number of ketones is 1. The van der Waals surface area contributed by atoms with Crippen LogP contribution in [-0.2, 0) is 23.9 Å². The second kappa shape index (κ2) is 8.02. The zero-order valence-electron chi connectivity index (χ0n) is 18.7. The van der Waals surface area contributed by atoms with Gasteiger partial charge in [0.2, 0.25) is 0 Å². The fourth-order valence-electron chi connectivity index (χ4n) is 3.84. The number of Topliss-reactive ketones (excluding diaryl/α,β-unsaturated/α-hetero) is 1. The minimum Gasteiger partial charge on any atom is -0.508 e.